The first-order chi connectivity index (χ1) is 15.6. The molecule has 0 unspecified atom stereocenters. The number of aliphatic hydroxyl groups is 5. The third kappa shape index (κ3) is 3.58. The highest BCUT2D eigenvalue weighted by atomic mass is 16.3. The summed E-state index contributed by atoms with van der Waals surface area (Å²) in [6, 6.07) is 0. The minimum atomic E-state index is -1.36. The van der Waals surface area contributed by atoms with Gasteiger partial charge in [-0.05, 0) is 92.6 Å². The smallest absolute Gasteiger partial charge is 0.159 e. The van der Waals surface area contributed by atoms with Gasteiger partial charge in [0.2, 0.25) is 0 Å². The molecule has 4 aliphatic rings. The molecule has 0 aromatic heterocycles. The minimum Gasteiger partial charge on any atom is -0.390 e. The average Bonchev–Trinajstić information content (AvgIpc) is 3.02. The van der Waals surface area contributed by atoms with E-state index in [1.165, 1.54) is 0 Å². The Morgan fingerprint density at radius 1 is 1.09 bits per heavy atom. The number of carbonyl (C=O) groups is 1. The van der Waals surface area contributed by atoms with Crippen LogP contribution in [-0.2, 0) is 4.79 Å². The van der Waals surface area contributed by atoms with Crippen LogP contribution in [0.2, 0.25) is 0 Å². The van der Waals surface area contributed by atoms with Gasteiger partial charge >= 0.3 is 0 Å². The summed E-state index contributed by atoms with van der Waals surface area (Å²) >= 11 is 0. The second kappa shape index (κ2) is 8.37. The Bertz CT molecular complexity index is 850. The van der Waals surface area contributed by atoms with Gasteiger partial charge in [0, 0.05) is 11.3 Å². The molecule has 4 rings (SSSR count). The molecule has 4 aliphatic carbocycles. The quantitative estimate of drug-likeness (QED) is 0.415. The van der Waals surface area contributed by atoms with Crippen molar-refractivity contribution in [3.63, 3.8) is 0 Å². The fraction of sp³-hybridized carbons (Fsp3) is 0.893. The van der Waals surface area contributed by atoms with Crippen LogP contribution in [0.5, 0.6) is 0 Å². The maximum Gasteiger partial charge on any atom is 0.159 e. The predicted molar refractivity (Wildman–Crippen MR) is 130 cm³/mol. The van der Waals surface area contributed by atoms with Crippen molar-refractivity contribution < 1.29 is 30.3 Å². The van der Waals surface area contributed by atoms with Crippen molar-refractivity contribution in [3.05, 3.63) is 11.6 Å². The minimum absolute atomic E-state index is 0.0509. The zero-order chi connectivity index (χ0) is 25.4. The molecule has 0 heterocycles. The number of aliphatic hydroxyl groups excluding tert-OH is 3. The van der Waals surface area contributed by atoms with Crippen LogP contribution >= 0.6 is 0 Å². The van der Waals surface area contributed by atoms with Crippen LogP contribution in [0.15, 0.2) is 11.6 Å². The number of allylic oxidation sites excluding steroid dienone is 1. The number of fused-ring (bicyclic) bond motifs is 5. The van der Waals surface area contributed by atoms with Gasteiger partial charge in [-0.25, -0.2) is 0 Å². The highest BCUT2D eigenvalue weighted by molar-refractivity contribution is 5.95. The molecule has 0 aromatic rings. The van der Waals surface area contributed by atoms with E-state index < -0.39 is 40.3 Å². The third-order valence-electron chi connectivity index (χ3n) is 11.2. The molecular weight excluding hydrogens is 432 g/mol. The summed E-state index contributed by atoms with van der Waals surface area (Å²) < 4.78 is 0. The Hall–Kier alpha value is -0.790. The van der Waals surface area contributed by atoms with Crippen LogP contribution in [-0.4, -0.2) is 60.8 Å². The second-order valence-corrected chi connectivity index (χ2v) is 13.3. The van der Waals surface area contributed by atoms with E-state index in [1.807, 2.05) is 13.8 Å². The predicted octanol–water partition coefficient (Wildman–Crippen LogP) is 2.99. The molecule has 0 bridgehead atoms. The lowest BCUT2D eigenvalue weighted by molar-refractivity contribution is -0.177. The third-order valence-corrected chi connectivity index (χ3v) is 11.2. The molecule has 5 N–H and O–H groups in total. The van der Waals surface area contributed by atoms with Gasteiger partial charge in [-0.1, -0.05) is 34.6 Å². The zero-order valence-corrected chi connectivity index (χ0v) is 21.8. The van der Waals surface area contributed by atoms with Gasteiger partial charge in [0.05, 0.1) is 29.5 Å². The molecule has 3 saturated carbocycles. The summed E-state index contributed by atoms with van der Waals surface area (Å²) in [5.41, 5.74) is -3.03. The lowest BCUT2D eigenvalue weighted by Crippen LogP contribution is -2.62. The van der Waals surface area contributed by atoms with Gasteiger partial charge in [-0.3, -0.25) is 4.79 Å². The summed E-state index contributed by atoms with van der Waals surface area (Å²) in [6.07, 6.45) is 2.51. The summed E-state index contributed by atoms with van der Waals surface area (Å²) in [6.45, 7) is 12.1. The van der Waals surface area contributed by atoms with E-state index in [-0.39, 0.29) is 35.9 Å². The highest BCUT2D eigenvalue weighted by Crippen LogP contribution is 2.68. The first-order valence-electron chi connectivity index (χ1n) is 13.3. The van der Waals surface area contributed by atoms with E-state index in [0.717, 1.165) is 12.0 Å². The van der Waals surface area contributed by atoms with E-state index in [0.29, 0.717) is 38.0 Å². The Labute approximate surface area is 204 Å². The van der Waals surface area contributed by atoms with Crippen LogP contribution in [0, 0.1) is 40.4 Å². The average molecular weight is 479 g/mol. The standard InChI is InChI=1S/C28H46O6/c1-15(2)16(3)11-24(32)27(6,33)23-8-10-28(34)18-12-20(29)19-13-21(30)22(31)14-25(19,4)17(18)7-9-26(23,28)5/h12,15-17,19,21-24,30-34H,7-11,13-14H2,1-6H3/t16-,17-,19+,21+,22-,23+,24+,25+,26+,27+,28+/m0/s1. The van der Waals surface area contributed by atoms with Crippen molar-refractivity contribution in [1.29, 1.82) is 0 Å². The molecule has 6 nitrogen and oxygen atoms in total. The van der Waals surface area contributed by atoms with Crippen LogP contribution in [0.25, 0.3) is 0 Å². The summed E-state index contributed by atoms with van der Waals surface area (Å²) in [5, 5.41) is 55.8. The first kappa shape index (κ1) is 26.3. The molecule has 0 amide bonds. The normalized spacial score (nSPS) is 47.8. The second-order valence-electron chi connectivity index (χ2n) is 13.3. The Kier molecular flexibility index (Phi) is 6.47. The fourth-order valence-electron chi connectivity index (χ4n) is 8.40. The molecular formula is C28H46O6. The topological polar surface area (TPSA) is 118 Å². The van der Waals surface area contributed by atoms with Gasteiger partial charge in [-0.2, -0.15) is 0 Å². The lowest BCUT2D eigenvalue weighted by Gasteiger charge is -2.60. The molecule has 34 heavy (non-hydrogen) atoms. The monoisotopic (exact) mass is 478 g/mol. The molecule has 0 radical (unpaired) electrons. The maximum atomic E-state index is 13.3. The van der Waals surface area contributed by atoms with E-state index in [4.69, 9.17) is 0 Å². The number of hydrogen-bond acceptors (Lipinski definition) is 6. The van der Waals surface area contributed by atoms with E-state index in [2.05, 4.69) is 20.8 Å². The SMILES string of the molecule is CC(C)[C@@H](C)C[C@@H](O)[C@](C)(O)[C@@H]1CC[C@@]2(O)C3=CC(=O)[C@H]4C[C@@H](O)[C@@H](O)C[C@]4(C)[C@H]3CC[C@]12C. The number of hydrogen-bond donors (Lipinski definition) is 5. The summed E-state index contributed by atoms with van der Waals surface area (Å²) in [5.74, 6) is -0.126. The van der Waals surface area contributed by atoms with Crippen LogP contribution in [0.1, 0.15) is 86.5 Å². The van der Waals surface area contributed by atoms with E-state index >= 15 is 0 Å². The van der Waals surface area contributed by atoms with Crippen molar-refractivity contribution in [1.82, 2.24) is 0 Å². The molecule has 0 aliphatic heterocycles. The number of carbonyl (C=O) groups excluding carboxylic acids is 1. The van der Waals surface area contributed by atoms with Crippen molar-refractivity contribution in [2.24, 2.45) is 40.4 Å². The maximum absolute atomic E-state index is 13.3. The van der Waals surface area contributed by atoms with E-state index in [1.54, 1.807) is 13.0 Å². The fourth-order valence-corrected chi connectivity index (χ4v) is 8.40. The Morgan fingerprint density at radius 2 is 1.74 bits per heavy atom. The van der Waals surface area contributed by atoms with E-state index in [9.17, 15) is 30.3 Å². The van der Waals surface area contributed by atoms with Gasteiger partial charge in [0.25, 0.3) is 0 Å². The van der Waals surface area contributed by atoms with Crippen LogP contribution in [0.3, 0.4) is 0 Å². The summed E-state index contributed by atoms with van der Waals surface area (Å²) in [4.78, 5) is 13.3. The van der Waals surface area contributed by atoms with Crippen molar-refractivity contribution >= 4 is 5.78 Å². The molecule has 0 saturated heterocycles. The number of ketones is 1. The van der Waals surface area contributed by atoms with Crippen molar-refractivity contribution in [2.45, 2.75) is 116 Å². The number of rotatable bonds is 5. The summed E-state index contributed by atoms with van der Waals surface area (Å²) in [7, 11) is 0. The molecule has 0 spiro atoms. The van der Waals surface area contributed by atoms with Crippen molar-refractivity contribution in [2.75, 3.05) is 0 Å². The van der Waals surface area contributed by atoms with Crippen molar-refractivity contribution in [3.8, 4) is 0 Å². The molecule has 194 valence electrons. The van der Waals surface area contributed by atoms with Crippen LogP contribution in [0.4, 0.5) is 0 Å². The largest absolute Gasteiger partial charge is 0.390 e. The first-order valence-corrected chi connectivity index (χ1v) is 13.3. The van der Waals surface area contributed by atoms with Gasteiger partial charge in [-0.15, -0.1) is 0 Å². The van der Waals surface area contributed by atoms with Gasteiger partial charge in [0.1, 0.15) is 0 Å². The highest BCUT2D eigenvalue weighted by Gasteiger charge is 2.69. The van der Waals surface area contributed by atoms with Gasteiger partial charge in [0.15, 0.2) is 5.78 Å². The molecule has 3 fully saturated rings. The lowest BCUT2D eigenvalue weighted by atomic mass is 9.45. The molecule has 11 atom stereocenters. The Balaban J connectivity index is 1.68. The van der Waals surface area contributed by atoms with Crippen LogP contribution < -0.4 is 0 Å². The Morgan fingerprint density at radius 3 is 2.35 bits per heavy atom. The molecule has 0 aromatic carbocycles. The molecule has 6 heteroatoms. The van der Waals surface area contributed by atoms with Gasteiger partial charge < -0.3 is 25.5 Å². The zero-order valence-electron chi connectivity index (χ0n) is 21.8.